The SMILES string of the molecule is CC(C)CNCc1ccc(N2CCCC(C)(O)C2)cc1. The Balaban J connectivity index is 1.91. The van der Waals surface area contributed by atoms with Gasteiger partial charge in [0.1, 0.15) is 0 Å². The summed E-state index contributed by atoms with van der Waals surface area (Å²) in [5, 5.41) is 13.6. The van der Waals surface area contributed by atoms with E-state index in [1.807, 2.05) is 6.92 Å². The highest BCUT2D eigenvalue weighted by Gasteiger charge is 2.28. The maximum Gasteiger partial charge on any atom is 0.0794 e. The minimum Gasteiger partial charge on any atom is -0.388 e. The fourth-order valence-corrected chi connectivity index (χ4v) is 2.77. The van der Waals surface area contributed by atoms with Crippen LogP contribution in [0.25, 0.3) is 0 Å². The zero-order chi connectivity index (χ0) is 14.6. The summed E-state index contributed by atoms with van der Waals surface area (Å²) in [5.74, 6) is 0.685. The molecule has 0 aromatic heterocycles. The Hall–Kier alpha value is -1.06. The van der Waals surface area contributed by atoms with Crippen molar-refractivity contribution in [1.82, 2.24) is 5.32 Å². The third kappa shape index (κ3) is 4.50. The molecule has 1 fully saturated rings. The van der Waals surface area contributed by atoms with E-state index in [0.29, 0.717) is 5.92 Å². The van der Waals surface area contributed by atoms with Gasteiger partial charge in [-0.3, -0.25) is 0 Å². The van der Waals surface area contributed by atoms with Crippen LogP contribution in [-0.4, -0.2) is 30.3 Å². The zero-order valence-corrected chi connectivity index (χ0v) is 13.0. The number of aliphatic hydroxyl groups is 1. The second-order valence-electron chi connectivity index (χ2n) is 6.71. The molecule has 0 bridgehead atoms. The van der Waals surface area contributed by atoms with Crippen LogP contribution in [-0.2, 0) is 6.54 Å². The number of nitrogens with one attached hydrogen (secondary N) is 1. The molecule has 0 aliphatic carbocycles. The lowest BCUT2D eigenvalue weighted by molar-refractivity contribution is 0.0449. The molecule has 1 saturated heterocycles. The first-order chi connectivity index (χ1) is 9.46. The van der Waals surface area contributed by atoms with Crippen LogP contribution in [0.15, 0.2) is 24.3 Å². The lowest BCUT2D eigenvalue weighted by Crippen LogP contribution is -2.46. The first-order valence-electron chi connectivity index (χ1n) is 7.73. The van der Waals surface area contributed by atoms with Gasteiger partial charge in [-0.2, -0.15) is 0 Å². The van der Waals surface area contributed by atoms with Gasteiger partial charge in [-0.05, 0) is 49.9 Å². The summed E-state index contributed by atoms with van der Waals surface area (Å²) < 4.78 is 0. The van der Waals surface area contributed by atoms with Gasteiger partial charge >= 0.3 is 0 Å². The third-order valence-corrected chi connectivity index (χ3v) is 3.86. The van der Waals surface area contributed by atoms with E-state index in [1.165, 1.54) is 11.3 Å². The molecule has 1 aromatic carbocycles. The van der Waals surface area contributed by atoms with Crippen molar-refractivity contribution in [3.8, 4) is 0 Å². The molecule has 3 heteroatoms. The number of rotatable bonds is 5. The Morgan fingerprint density at radius 1 is 1.30 bits per heavy atom. The van der Waals surface area contributed by atoms with Crippen LogP contribution in [0.2, 0.25) is 0 Å². The lowest BCUT2D eigenvalue weighted by Gasteiger charge is -2.38. The smallest absolute Gasteiger partial charge is 0.0794 e. The number of benzene rings is 1. The van der Waals surface area contributed by atoms with Crippen LogP contribution in [0.1, 0.15) is 39.2 Å². The number of anilines is 1. The van der Waals surface area contributed by atoms with Gasteiger partial charge in [-0.15, -0.1) is 0 Å². The van der Waals surface area contributed by atoms with Gasteiger partial charge in [0.25, 0.3) is 0 Å². The van der Waals surface area contributed by atoms with Gasteiger partial charge in [0.05, 0.1) is 5.60 Å². The normalized spacial score (nSPS) is 23.4. The van der Waals surface area contributed by atoms with E-state index < -0.39 is 5.60 Å². The van der Waals surface area contributed by atoms with Gasteiger partial charge < -0.3 is 15.3 Å². The van der Waals surface area contributed by atoms with Crippen LogP contribution >= 0.6 is 0 Å². The van der Waals surface area contributed by atoms with Crippen molar-refractivity contribution in [3.05, 3.63) is 29.8 Å². The van der Waals surface area contributed by atoms with E-state index in [0.717, 1.165) is 39.0 Å². The summed E-state index contributed by atoms with van der Waals surface area (Å²) in [6.45, 7) is 10.1. The molecule has 2 rings (SSSR count). The zero-order valence-electron chi connectivity index (χ0n) is 13.0. The summed E-state index contributed by atoms with van der Waals surface area (Å²) in [4.78, 5) is 2.29. The number of piperidine rings is 1. The lowest BCUT2D eigenvalue weighted by atomic mass is 9.95. The van der Waals surface area contributed by atoms with E-state index in [-0.39, 0.29) is 0 Å². The fraction of sp³-hybridized carbons (Fsp3) is 0.647. The van der Waals surface area contributed by atoms with E-state index in [4.69, 9.17) is 0 Å². The second-order valence-corrected chi connectivity index (χ2v) is 6.71. The van der Waals surface area contributed by atoms with Crippen molar-refractivity contribution < 1.29 is 5.11 Å². The summed E-state index contributed by atoms with van der Waals surface area (Å²) in [7, 11) is 0. The van der Waals surface area contributed by atoms with Crippen molar-refractivity contribution in [2.75, 3.05) is 24.5 Å². The molecule has 1 aromatic rings. The maximum absolute atomic E-state index is 10.2. The van der Waals surface area contributed by atoms with Gasteiger partial charge in [0, 0.05) is 25.3 Å². The van der Waals surface area contributed by atoms with E-state index >= 15 is 0 Å². The molecule has 0 radical (unpaired) electrons. The molecule has 1 aliphatic rings. The van der Waals surface area contributed by atoms with E-state index in [2.05, 4.69) is 48.3 Å². The minimum atomic E-state index is -0.546. The van der Waals surface area contributed by atoms with Gasteiger partial charge in [0.2, 0.25) is 0 Å². The minimum absolute atomic E-state index is 0.546. The van der Waals surface area contributed by atoms with Crippen LogP contribution in [0.3, 0.4) is 0 Å². The van der Waals surface area contributed by atoms with E-state index in [9.17, 15) is 5.11 Å². The molecular formula is C17H28N2O. The number of hydrogen-bond acceptors (Lipinski definition) is 3. The molecule has 1 unspecified atom stereocenters. The average Bonchev–Trinajstić information content (AvgIpc) is 2.38. The first-order valence-corrected chi connectivity index (χ1v) is 7.73. The quantitative estimate of drug-likeness (QED) is 0.868. The molecular weight excluding hydrogens is 248 g/mol. The first kappa shape index (κ1) is 15.3. The standard InChI is InChI=1S/C17H28N2O/c1-14(2)11-18-12-15-5-7-16(8-6-15)19-10-4-9-17(3,20)13-19/h5-8,14,18,20H,4,9-13H2,1-3H3. The van der Waals surface area contributed by atoms with Crippen molar-refractivity contribution in [2.24, 2.45) is 5.92 Å². The number of β-amino-alcohol motifs (C(OH)–C–C–N with tert-alkyl or cyclic N) is 1. The van der Waals surface area contributed by atoms with Gasteiger partial charge in [0.15, 0.2) is 0 Å². The molecule has 0 spiro atoms. The summed E-state index contributed by atoms with van der Waals surface area (Å²) in [6, 6.07) is 8.72. The summed E-state index contributed by atoms with van der Waals surface area (Å²) >= 11 is 0. The van der Waals surface area contributed by atoms with Crippen molar-refractivity contribution in [1.29, 1.82) is 0 Å². The molecule has 1 aliphatic heterocycles. The molecule has 0 amide bonds. The van der Waals surface area contributed by atoms with Crippen LogP contribution in [0, 0.1) is 5.92 Å². The molecule has 3 nitrogen and oxygen atoms in total. The number of hydrogen-bond donors (Lipinski definition) is 2. The average molecular weight is 276 g/mol. The summed E-state index contributed by atoms with van der Waals surface area (Å²) in [6.07, 6.45) is 1.96. The summed E-state index contributed by atoms with van der Waals surface area (Å²) in [5.41, 5.74) is 1.99. The Kier molecular flexibility index (Phi) is 5.06. The Morgan fingerprint density at radius 2 is 2.00 bits per heavy atom. The molecule has 0 saturated carbocycles. The van der Waals surface area contributed by atoms with Crippen LogP contribution in [0.4, 0.5) is 5.69 Å². The highest BCUT2D eigenvalue weighted by Crippen LogP contribution is 2.25. The van der Waals surface area contributed by atoms with Crippen LogP contribution < -0.4 is 10.2 Å². The topological polar surface area (TPSA) is 35.5 Å². The Morgan fingerprint density at radius 3 is 2.60 bits per heavy atom. The Bertz CT molecular complexity index is 412. The van der Waals surface area contributed by atoms with Crippen molar-refractivity contribution in [3.63, 3.8) is 0 Å². The highest BCUT2D eigenvalue weighted by molar-refractivity contribution is 5.48. The molecule has 20 heavy (non-hydrogen) atoms. The largest absolute Gasteiger partial charge is 0.388 e. The van der Waals surface area contributed by atoms with Crippen molar-refractivity contribution in [2.45, 2.75) is 45.8 Å². The predicted octanol–water partition coefficient (Wildman–Crippen LogP) is 2.78. The fourth-order valence-electron chi connectivity index (χ4n) is 2.77. The Labute approximate surface area is 123 Å². The molecule has 2 N–H and O–H groups in total. The molecule has 1 atom stereocenters. The monoisotopic (exact) mass is 276 g/mol. The van der Waals surface area contributed by atoms with Crippen molar-refractivity contribution >= 4 is 5.69 Å². The highest BCUT2D eigenvalue weighted by atomic mass is 16.3. The third-order valence-electron chi connectivity index (χ3n) is 3.86. The second kappa shape index (κ2) is 6.59. The van der Waals surface area contributed by atoms with E-state index in [1.54, 1.807) is 0 Å². The molecule has 1 heterocycles. The molecule has 112 valence electrons. The van der Waals surface area contributed by atoms with Crippen LogP contribution in [0.5, 0.6) is 0 Å². The van der Waals surface area contributed by atoms with Gasteiger partial charge in [-0.1, -0.05) is 26.0 Å². The number of nitrogens with zero attached hydrogens (tertiary/aromatic N) is 1. The maximum atomic E-state index is 10.2. The van der Waals surface area contributed by atoms with Gasteiger partial charge in [-0.25, -0.2) is 0 Å². The predicted molar refractivity (Wildman–Crippen MR) is 85.1 cm³/mol.